The summed E-state index contributed by atoms with van der Waals surface area (Å²) in [5.41, 5.74) is 6.61. The monoisotopic (exact) mass is 509 g/mol. The number of hydrogen-bond acceptors (Lipinski definition) is 1. The van der Waals surface area contributed by atoms with Gasteiger partial charge in [0.2, 0.25) is 0 Å². The molecule has 0 saturated carbocycles. The number of aromatic nitrogens is 3. The van der Waals surface area contributed by atoms with Gasteiger partial charge in [0, 0.05) is 38.3 Å². The normalized spacial score (nSPS) is 12.0. The van der Waals surface area contributed by atoms with Gasteiger partial charge in [-0.3, -0.25) is 4.57 Å². The Bertz CT molecular complexity index is 2410. The van der Waals surface area contributed by atoms with E-state index in [0.29, 0.717) is 0 Å². The number of rotatable bonds is 2. The van der Waals surface area contributed by atoms with Crippen LogP contribution in [0.1, 0.15) is 0 Å². The Kier molecular flexibility index (Phi) is 4.33. The van der Waals surface area contributed by atoms with Crippen LogP contribution in [0.4, 0.5) is 0 Å². The minimum atomic E-state index is 0.943. The average molecular weight is 510 g/mol. The fraction of sp³-hybridized carbons (Fsp3) is 0. The van der Waals surface area contributed by atoms with Crippen molar-refractivity contribution in [3.63, 3.8) is 0 Å². The van der Waals surface area contributed by atoms with E-state index >= 15 is 0 Å². The minimum Gasteiger partial charge on any atom is -0.354 e. The number of benzene rings is 7. The molecule has 0 fully saturated rings. The van der Waals surface area contributed by atoms with Crippen molar-refractivity contribution < 1.29 is 0 Å². The molecule has 0 bridgehead atoms. The molecule has 0 aliphatic rings. The Labute approximate surface area is 229 Å². The summed E-state index contributed by atoms with van der Waals surface area (Å²) in [7, 11) is 0. The molecule has 0 aliphatic heterocycles. The highest BCUT2D eigenvalue weighted by atomic mass is 15.1. The van der Waals surface area contributed by atoms with Crippen molar-refractivity contribution in [3.05, 3.63) is 133 Å². The molecule has 0 saturated heterocycles. The van der Waals surface area contributed by atoms with Gasteiger partial charge in [-0.2, -0.15) is 0 Å². The number of para-hydroxylation sites is 2. The largest absolute Gasteiger partial charge is 0.354 e. The lowest BCUT2D eigenvalue weighted by Crippen LogP contribution is -1.98. The molecule has 3 nitrogen and oxygen atoms in total. The van der Waals surface area contributed by atoms with Crippen molar-refractivity contribution in [2.75, 3.05) is 0 Å². The van der Waals surface area contributed by atoms with Gasteiger partial charge < -0.3 is 4.98 Å². The Hall–Kier alpha value is -5.41. The van der Waals surface area contributed by atoms with Crippen LogP contribution >= 0.6 is 0 Å². The van der Waals surface area contributed by atoms with E-state index < -0.39 is 0 Å². The first-order chi connectivity index (χ1) is 19.9. The van der Waals surface area contributed by atoms with E-state index in [-0.39, 0.29) is 0 Å². The molecule has 0 radical (unpaired) electrons. The third-order valence-corrected chi connectivity index (χ3v) is 8.29. The summed E-state index contributed by atoms with van der Waals surface area (Å²) in [6, 6.07) is 47.4. The van der Waals surface area contributed by atoms with Crippen LogP contribution < -0.4 is 0 Å². The van der Waals surface area contributed by atoms with Crippen LogP contribution in [0.3, 0.4) is 0 Å². The summed E-state index contributed by atoms with van der Waals surface area (Å²) in [4.78, 5) is 9.32. The van der Waals surface area contributed by atoms with E-state index in [0.717, 1.165) is 39.1 Å². The van der Waals surface area contributed by atoms with Gasteiger partial charge in [-0.25, -0.2) is 4.98 Å². The van der Waals surface area contributed by atoms with Gasteiger partial charge in [0.05, 0.1) is 11.0 Å². The molecule has 9 rings (SSSR count). The van der Waals surface area contributed by atoms with Crippen LogP contribution in [-0.2, 0) is 0 Å². The van der Waals surface area contributed by atoms with Crippen molar-refractivity contribution in [1.82, 2.24) is 14.5 Å². The number of hydrogen-bond donors (Lipinski definition) is 1. The second-order valence-electron chi connectivity index (χ2n) is 10.4. The fourth-order valence-corrected chi connectivity index (χ4v) is 6.66. The van der Waals surface area contributed by atoms with E-state index in [9.17, 15) is 0 Å². The summed E-state index contributed by atoms with van der Waals surface area (Å²) in [6.45, 7) is 0. The summed E-state index contributed by atoms with van der Waals surface area (Å²) in [5.74, 6) is 0.943. The van der Waals surface area contributed by atoms with E-state index in [4.69, 9.17) is 4.98 Å². The summed E-state index contributed by atoms with van der Waals surface area (Å²) >= 11 is 0. The van der Waals surface area contributed by atoms with Gasteiger partial charge in [-0.1, -0.05) is 115 Å². The highest BCUT2D eigenvalue weighted by molar-refractivity contribution is 6.41. The minimum absolute atomic E-state index is 0.943. The van der Waals surface area contributed by atoms with Crippen molar-refractivity contribution in [2.45, 2.75) is 0 Å². The molecule has 0 spiro atoms. The maximum Gasteiger partial charge on any atom is 0.145 e. The Morgan fingerprint density at radius 1 is 0.475 bits per heavy atom. The first kappa shape index (κ1) is 21.5. The van der Waals surface area contributed by atoms with E-state index in [1.165, 1.54) is 43.1 Å². The zero-order chi connectivity index (χ0) is 26.2. The average Bonchev–Trinajstić information content (AvgIpc) is 3.61. The maximum atomic E-state index is 5.49. The number of fused-ring (bicyclic) bond motifs is 13. The fourth-order valence-electron chi connectivity index (χ4n) is 6.66. The van der Waals surface area contributed by atoms with Crippen molar-refractivity contribution in [1.29, 1.82) is 0 Å². The van der Waals surface area contributed by atoms with Crippen LogP contribution in [0.15, 0.2) is 133 Å². The maximum absolute atomic E-state index is 5.49. The first-order valence-electron chi connectivity index (χ1n) is 13.7. The zero-order valence-corrected chi connectivity index (χ0v) is 21.6. The third kappa shape index (κ3) is 2.81. The van der Waals surface area contributed by atoms with Crippen molar-refractivity contribution >= 4 is 65.2 Å². The van der Waals surface area contributed by atoms with Crippen LogP contribution in [0.5, 0.6) is 0 Å². The Morgan fingerprint density at radius 3 is 1.73 bits per heavy atom. The molecule has 186 valence electrons. The molecule has 3 heteroatoms. The van der Waals surface area contributed by atoms with Crippen molar-refractivity contribution in [2.24, 2.45) is 0 Å². The second-order valence-corrected chi connectivity index (χ2v) is 10.4. The number of imidazole rings is 1. The second kappa shape index (κ2) is 8.05. The highest BCUT2D eigenvalue weighted by Crippen LogP contribution is 2.47. The Balaban J connectivity index is 1.68. The van der Waals surface area contributed by atoms with Gasteiger partial charge in [-0.15, -0.1) is 0 Å². The molecule has 2 aromatic heterocycles. The summed E-state index contributed by atoms with van der Waals surface area (Å²) < 4.78 is 2.37. The molecule has 2 heterocycles. The highest BCUT2D eigenvalue weighted by Gasteiger charge is 2.25. The summed E-state index contributed by atoms with van der Waals surface area (Å²) in [5, 5.41) is 9.83. The molecule has 0 unspecified atom stereocenters. The number of H-pyrrole nitrogens is 1. The lowest BCUT2D eigenvalue weighted by Gasteiger charge is -2.15. The predicted octanol–water partition coefficient (Wildman–Crippen LogP) is 9.79. The van der Waals surface area contributed by atoms with Gasteiger partial charge in [0.25, 0.3) is 0 Å². The molecule has 0 atom stereocenters. The molecule has 9 aromatic rings. The number of aromatic amines is 1. The third-order valence-electron chi connectivity index (χ3n) is 8.29. The molecule has 1 N–H and O–H groups in total. The van der Waals surface area contributed by atoms with Gasteiger partial charge >= 0.3 is 0 Å². The predicted molar refractivity (Wildman–Crippen MR) is 168 cm³/mol. The van der Waals surface area contributed by atoms with E-state index in [2.05, 4.69) is 143 Å². The quantitative estimate of drug-likeness (QED) is 0.231. The smallest absolute Gasteiger partial charge is 0.145 e. The van der Waals surface area contributed by atoms with Crippen LogP contribution in [0.2, 0.25) is 0 Å². The topological polar surface area (TPSA) is 33.6 Å². The molecular weight excluding hydrogens is 486 g/mol. The van der Waals surface area contributed by atoms with Crippen LogP contribution in [0, 0.1) is 0 Å². The first-order valence-corrected chi connectivity index (χ1v) is 13.7. The van der Waals surface area contributed by atoms with Crippen LogP contribution in [0.25, 0.3) is 82.2 Å². The molecular formula is C37H23N3. The summed E-state index contributed by atoms with van der Waals surface area (Å²) in [6.07, 6.45) is 0. The van der Waals surface area contributed by atoms with Gasteiger partial charge in [-0.05, 0) is 39.7 Å². The van der Waals surface area contributed by atoms with Crippen LogP contribution in [-0.4, -0.2) is 14.5 Å². The lowest BCUT2D eigenvalue weighted by molar-refractivity contribution is 1.11. The van der Waals surface area contributed by atoms with Crippen molar-refractivity contribution in [3.8, 4) is 17.1 Å². The standard InChI is InChI=1S/C37H23N3/c1-3-13-23(14-4-1)37-39-35-33-29-21-11-12-22-30(29)38-34(33)31-27-19-9-7-17-25(27)26-18-8-10-20-28(26)32(31)36(35)40(37)24-15-5-2-6-16-24/h1-22,38H. The molecule has 0 amide bonds. The SMILES string of the molecule is c1ccc(-c2nc3c4c5ccccc5[nH]c4c4c5ccccc5c5ccccc5c4c3n2-c2ccccc2)cc1. The molecule has 7 aromatic carbocycles. The number of nitrogens with zero attached hydrogens (tertiary/aromatic N) is 2. The van der Waals surface area contributed by atoms with Gasteiger partial charge in [0.15, 0.2) is 0 Å². The van der Waals surface area contributed by atoms with Gasteiger partial charge in [0.1, 0.15) is 11.3 Å². The molecule has 0 aliphatic carbocycles. The lowest BCUT2D eigenvalue weighted by atomic mass is 9.91. The zero-order valence-electron chi connectivity index (χ0n) is 21.6. The van der Waals surface area contributed by atoms with E-state index in [1.54, 1.807) is 0 Å². The Morgan fingerprint density at radius 2 is 1.02 bits per heavy atom. The number of nitrogens with one attached hydrogen (secondary N) is 1. The molecule has 40 heavy (non-hydrogen) atoms. The van der Waals surface area contributed by atoms with E-state index in [1.807, 2.05) is 0 Å².